The van der Waals surface area contributed by atoms with Gasteiger partial charge in [-0.1, -0.05) is 48.0 Å². The third-order valence-corrected chi connectivity index (χ3v) is 5.65. The van der Waals surface area contributed by atoms with Gasteiger partial charge in [0.15, 0.2) is 5.65 Å². The zero-order valence-corrected chi connectivity index (χ0v) is 15.9. The first-order valence-electron chi connectivity index (χ1n) is 9.36. The Bertz CT molecular complexity index is 1130. The number of para-hydroxylation sites is 1. The third kappa shape index (κ3) is 2.82. The molecule has 1 fully saturated rings. The summed E-state index contributed by atoms with van der Waals surface area (Å²) >= 11 is 6.19. The maximum absolute atomic E-state index is 6.19. The first kappa shape index (κ1) is 16.5. The van der Waals surface area contributed by atoms with Crippen LogP contribution in [0.15, 0.2) is 48.5 Å². The second-order valence-corrected chi connectivity index (χ2v) is 7.74. The maximum atomic E-state index is 6.19. The summed E-state index contributed by atoms with van der Waals surface area (Å²) in [4.78, 5) is 7.44. The van der Waals surface area contributed by atoms with Crippen molar-refractivity contribution in [3.8, 4) is 11.3 Å². The Morgan fingerprint density at radius 1 is 1.04 bits per heavy atom. The zero-order valence-electron chi connectivity index (χ0n) is 15.1. The third-order valence-electron chi connectivity index (χ3n) is 5.41. The molecule has 1 aliphatic heterocycles. The number of hydrogen-bond donors (Lipinski definition) is 0. The van der Waals surface area contributed by atoms with Crippen molar-refractivity contribution in [3.63, 3.8) is 0 Å². The van der Waals surface area contributed by atoms with Crippen molar-refractivity contribution in [1.82, 2.24) is 19.8 Å². The molecule has 0 amide bonds. The first-order valence-corrected chi connectivity index (χ1v) is 9.73. The molecule has 0 aliphatic carbocycles. The summed E-state index contributed by atoms with van der Waals surface area (Å²) in [7, 11) is 0. The molecule has 0 bridgehead atoms. The predicted molar refractivity (Wildman–Crippen MR) is 109 cm³/mol. The van der Waals surface area contributed by atoms with Gasteiger partial charge in [-0.3, -0.25) is 0 Å². The van der Waals surface area contributed by atoms with Crippen LogP contribution in [0.25, 0.3) is 27.8 Å². The average Bonchev–Trinajstić information content (AvgIpc) is 3.12. The second kappa shape index (κ2) is 6.50. The van der Waals surface area contributed by atoms with Crippen molar-refractivity contribution >= 4 is 34.0 Å². The van der Waals surface area contributed by atoms with Crippen LogP contribution < -0.4 is 4.90 Å². The van der Waals surface area contributed by atoms with Crippen LogP contribution in [0.5, 0.6) is 0 Å². The minimum atomic E-state index is 0.680. The van der Waals surface area contributed by atoms with Gasteiger partial charge in [-0.25, -0.2) is 4.98 Å². The Kier molecular flexibility index (Phi) is 3.97. The Morgan fingerprint density at radius 2 is 1.85 bits per heavy atom. The Hall–Kier alpha value is -2.66. The highest BCUT2D eigenvalue weighted by atomic mass is 35.5. The molecule has 0 spiro atoms. The standard InChI is InChI=1S/C21H20ClN5/c1-14-9-11-26(12-10-14)20-17-7-2-3-8-18(17)27-21(23-20)19(24-25-27)15-5-4-6-16(22)13-15/h2-8,13-14H,9-12H2,1H3. The molecule has 1 saturated heterocycles. The lowest BCUT2D eigenvalue weighted by molar-refractivity contribution is 0.437. The molecule has 0 N–H and O–H groups in total. The zero-order chi connectivity index (χ0) is 18.4. The summed E-state index contributed by atoms with van der Waals surface area (Å²) < 4.78 is 1.83. The molecule has 4 aromatic rings. The van der Waals surface area contributed by atoms with E-state index in [0.29, 0.717) is 5.02 Å². The highest BCUT2D eigenvalue weighted by Gasteiger charge is 2.22. The van der Waals surface area contributed by atoms with Crippen LogP contribution in [0.2, 0.25) is 5.02 Å². The summed E-state index contributed by atoms with van der Waals surface area (Å²) in [6, 6.07) is 16.0. The van der Waals surface area contributed by atoms with Gasteiger partial charge in [0.2, 0.25) is 0 Å². The Balaban J connectivity index is 1.75. The van der Waals surface area contributed by atoms with Gasteiger partial charge >= 0.3 is 0 Å². The minimum absolute atomic E-state index is 0.680. The lowest BCUT2D eigenvalue weighted by atomic mass is 9.99. The summed E-state index contributed by atoms with van der Waals surface area (Å²) in [5.74, 6) is 1.80. The number of fused-ring (bicyclic) bond motifs is 3. The molecule has 0 unspecified atom stereocenters. The number of rotatable bonds is 2. The Morgan fingerprint density at radius 3 is 2.67 bits per heavy atom. The summed E-state index contributed by atoms with van der Waals surface area (Å²) in [5.41, 5.74) is 3.48. The van der Waals surface area contributed by atoms with E-state index in [-0.39, 0.29) is 0 Å². The number of halogens is 1. The van der Waals surface area contributed by atoms with Gasteiger partial charge in [0, 0.05) is 29.1 Å². The number of piperidine rings is 1. The average molecular weight is 378 g/mol. The predicted octanol–water partition coefficient (Wildman–Crippen LogP) is 4.83. The van der Waals surface area contributed by atoms with Crippen molar-refractivity contribution in [2.75, 3.05) is 18.0 Å². The van der Waals surface area contributed by atoms with Crippen LogP contribution in [-0.4, -0.2) is 32.9 Å². The number of aromatic nitrogens is 4. The van der Waals surface area contributed by atoms with E-state index < -0.39 is 0 Å². The van der Waals surface area contributed by atoms with Gasteiger partial charge in [-0.15, -0.1) is 5.10 Å². The molecule has 2 aromatic heterocycles. The van der Waals surface area contributed by atoms with Gasteiger partial charge in [0.05, 0.1) is 5.52 Å². The fourth-order valence-corrected chi connectivity index (χ4v) is 4.02. The fraction of sp³-hybridized carbons (Fsp3) is 0.286. The van der Waals surface area contributed by atoms with E-state index in [9.17, 15) is 0 Å². The molecule has 0 saturated carbocycles. The number of benzene rings is 2. The van der Waals surface area contributed by atoms with Gasteiger partial charge in [-0.2, -0.15) is 4.52 Å². The van der Waals surface area contributed by atoms with E-state index in [1.54, 1.807) is 0 Å². The summed E-state index contributed by atoms with van der Waals surface area (Å²) in [6.07, 6.45) is 2.39. The largest absolute Gasteiger partial charge is 0.356 e. The molecular weight excluding hydrogens is 358 g/mol. The van der Waals surface area contributed by atoms with Gasteiger partial charge in [-0.05, 0) is 43.0 Å². The number of nitrogens with zero attached hydrogens (tertiary/aromatic N) is 5. The van der Waals surface area contributed by atoms with E-state index >= 15 is 0 Å². The van der Waals surface area contributed by atoms with E-state index in [0.717, 1.165) is 52.6 Å². The lowest BCUT2D eigenvalue weighted by Gasteiger charge is -2.32. The summed E-state index contributed by atoms with van der Waals surface area (Å²) in [6.45, 7) is 4.38. The molecule has 136 valence electrons. The van der Waals surface area contributed by atoms with Crippen molar-refractivity contribution in [3.05, 3.63) is 53.6 Å². The smallest absolute Gasteiger partial charge is 0.186 e. The molecule has 5 rings (SSSR count). The molecular formula is C21H20ClN5. The second-order valence-electron chi connectivity index (χ2n) is 7.31. The molecule has 5 nitrogen and oxygen atoms in total. The van der Waals surface area contributed by atoms with Crippen LogP contribution in [0.4, 0.5) is 5.82 Å². The molecule has 6 heteroatoms. The molecule has 3 heterocycles. The van der Waals surface area contributed by atoms with Crippen molar-refractivity contribution in [1.29, 1.82) is 0 Å². The minimum Gasteiger partial charge on any atom is -0.356 e. The van der Waals surface area contributed by atoms with Crippen molar-refractivity contribution < 1.29 is 0 Å². The number of anilines is 1. The maximum Gasteiger partial charge on any atom is 0.186 e. The normalized spacial score (nSPS) is 15.7. The highest BCUT2D eigenvalue weighted by molar-refractivity contribution is 6.30. The SMILES string of the molecule is CC1CCN(c2nc3c(-c4cccc(Cl)c4)nnn3c3ccccc23)CC1. The van der Waals surface area contributed by atoms with Gasteiger partial charge in [0.25, 0.3) is 0 Å². The van der Waals surface area contributed by atoms with Crippen LogP contribution in [0, 0.1) is 5.92 Å². The van der Waals surface area contributed by atoms with E-state index in [2.05, 4.69) is 40.3 Å². The van der Waals surface area contributed by atoms with Crippen LogP contribution in [0.1, 0.15) is 19.8 Å². The monoisotopic (exact) mass is 377 g/mol. The fourth-order valence-electron chi connectivity index (χ4n) is 3.83. The van der Waals surface area contributed by atoms with Crippen LogP contribution in [-0.2, 0) is 0 Å². The molecule has 0 atom stereocenters. The van der Waals surface area contributed by atoms with Gasteiger partial charge in [0.1, 0.15) is 11.5 Å². The van der Waals surface area contributed by atoms with E-state index in [1.165, 1.54) is 12.8 Å². The number of hydrogen-bond acceptors (Lipinski definition) is 4. The highest BCUT2D eigenvalue weighted by Crippen LogP contribution is 2.32. The topological polar surface area (TPSA) is 46.3 Å². The van der Waals surface area contributed by atoms with E-state index in [4.69, 9.17) is 16.6 Å². The lowest BCUT2D eigenvalue weighted by Crippen LogP contribution is -2.33. The molecule has 2 aromatic carbocycles. The molecule has 27 heavy (non-hydrogen) atoms. The van der Waals surface area contributed by atoms with Gasteiger partial charge < -0.3 is 4.90 Å². The van der Waals surface area contributed by atoms with Crippen molar-refractivity contribution in [2.45, 2.75) is 19.8 Å². The summed E-state index contributed by atoms with van der Waals surface area (Å²) in [5, 5.41) is 10.6. The van der Waals surface area contributed by atoms with Crippen LogP contribution in [0.3, 0.4) is 0 Å². The first-order chi connectivity index (χ1) is 13.2. The van der Waals surface area contributed by atoms with Crippen molar-refractivity contribution in [2.24, 2.45) is 5.92 Å². The quantitative estimate of drug-likeness (QED) is 0.501. The van der Waals surface area contributed by atoms with Crippen LogP contribution >= 0.6 is 11.6 Å². The molecule has 1 aliphatic rings. The Labute approximate surface area is 162 Å². The molecule has 0 radical (unpaired) electrons. The van der Waals surface area contributed by atoms with E-state index in [1.807, 2.05) is 34.8 Å².